The van der Waals surface area contributed by atoms with Crippen LogP contribution in [-0.4, -0.2) is 49.7 Å². The molecule has 1 saturated heterocycles. The van der Waals surface area contributed by atoms with Crippen LogP contribution in [0.25, 0.3) is 0 Å². The van der Waals surface area contributed by atoms with Crippen molar-refractivity contribution in [3.63, 3.8) is 0 Å². The van der Waals surface area contributed by atoms with Crippen molar-refractivity contribution in [2.24, 2.45) is 0 Å². The first-order valence-corrected chi connectivity index (χ1v) is 12.0. The molecule has 2 aliphatic rings. The summed E-state index contributed by atoms with van der Waals surface area (Å²) in [6.07, 6.45) is 2.34. The second-order valence-electron chi connectivity index (χ2n) is 8.63. The zero-order chi connectivity index (χ0) is 23.3. The van der Waals surface area contributed by atoms with E-state index in [0.717, 1.165) is 49.5 Å². The van der Waals surface area contributed by atoms with E-state index in [-0.39, 0.29) is 11.9 Å². The molecular formula is C26H28ClN5O2. The minimum Gasteiger partial charge on any atom is -0.491 e. The van der Waals surface area contributed by atoms with E-state index in [1.165, 1.54) is 5.69 Å². The number of benzene rings is 2. The number of anilines is 2. The maximum atomic E-state index is 12.8. The average Bonchev–Trinajstić information content (AvgIpc) is 2.88. The van der Waals surface area contributed by atoms with Crippen LogP contribution in [0, 0.1) is 0 Å². The Bertz CT molecular complexity index is 1150. The molecule has 7 nitrogen and oxygen atoms in total. The van der Waals surface area contributed by atoms with Crippen molar-refractivity contribution < 1.29 is 9.53 Å². The van der Waals surface area contributed by atoms with Crippen LogP contribution < -0.4 is 25.6 Å². The van der Waals surface area contributed by atoms with E-state index in [9.17, 15) is 4.79 Å². The van der Waals surface area contributed by atoms with E-state index in [1.807, 2.05) is 30.3 Å². The lowest BCUT2D eigenvalue weighted by Crippen LogP contribution is -2.44. The number of ether oxygens (including phenoxy) is 1. The van der Waals surface area contributed by atoms with Crippen molar-refractivity contribution in [2.45, 2.75) is 19.0 Å². The number of halogens is 1. The summed E-state index contributed by atoms with van der Waals surface area (Å²) >= 11 is 6.03. The molecule has 3 heterocycles. The second kappa shape index (κ2) is 10.3. The van der Waals surface area contributed by atoms with Crippen LogP contribution >= 0.6 is 11.6 Å². The van der Waals surface area contributed by atoms with Crippen LogP contribution in [0.2, 0.25) is 5.02 Å². The number of nitrogens with one attached hydrogen (secondary N) is 3. The van der Waals surface area contributed by atoms with Gasteiger partial charge in [-0.05, 0) is 47.9 Å². The third kappa shape index (κ3) is 5.43. The molecule has 176 valence electrons. The Morgan fingerprint density at radius 3 is 2.82 bits per heavy atom. The van der Waals surface area contributed by atoms with Crippen molar-refractivity contribution in [3.8, 4) is 5.75 Å². The molecule has 1 atom stereocenters. The number of carbonyl (C=O) groups is 1. The van der Waals surface area contributed by atoms with Gasteiger partial charge in [0, 0.05) is 55.7 Å². The monoisotopic (exact) mass is 477 g/mol. The lowest BCUT2D eigenvalue weighted by Gasteiger charge is -2.31. The first kappa shape index (κ1) is 22.5. The molecule has 34 heavy (non-hydrogen) atoms. The molecule has 0 radical (unpaired) electrons. The predicted molar refractivity (Wildman–Crippen MR) is 135 cm³/mol. The first-order valence-electron chi connectivity index (χ1n) is 11.6. The lowest BCUT2D eigenvalue weighted by molar-refractivity contribution is 0.0915. The Hall–Kier alpha value is -3.29. The summed E-state index contributed by atoms with van der Waals surface area (Å²) in [5.74, 6) is 1.47. The van der Waals surface area contributed by atoms with E-state index in [4.69, 9.17) is 16.3 Å². The Kier molecular flexibility index (Phi) is 6.83. The molecular weight excluding hydrogens is 450 g/mol. The Labute approximate surface area is 204 Å². The highest BCUT2D eigenvalue weighted by molar-refractivity contribution is 6.30. The number of nitrogens with zero attached hydrogens (tertiary/aromatic N) is 2. The molecule has 5 rings (SSSR count). The second-order valence-corrected chi connectivity index (χ2v) is 9.07. The lowest BCUT2D eigenvalue weighted by atomic mass is 10.0. The van der Waals surface area contributed by atoms with E-state index in [0.29, 0.717) is 29.6 Å². The molecule has 0 aliphatic carbocycles. The molecule has 1 unspecified atom stereocenters. The number of amides is 1. The number of hydrogen-bond donors (Lipinski definition) is 3. The number of piperazine rings is 1. The topological polar surface area (TPSA) is 78.5 Å². The highest BCUT2D eigenvalue weighted by atomic mass is 35.5. The van der Waals surface area contributed by atoms with Crippen molar-refractivity contribution in [1.82, 2.24) is 15.6 Å². The van der Waals surface area contributed by atoms with Gasteiger partial charge in [-0.15, -0.1) is 0 Å². The average molecular weight is 478 g/mol. The summed E-state index contributed by atoms with van der Waals surface area (Å²) < 4.78 is 6.01. The Balaban J connectivity index is 1.15. The normalized spacial score (nSPS) is 17.4. The maximum absolute atomic E-state index is 12.8. The van der Waals surface area contributed by atoms with Crippen LogP contribution in [0.4, 0.5) is 11.5 Å². The smallest absolute Gasteiger partial charge is 0.253 e. The molecule has 8 heteroatoms. The number of carbonyl (C=O) groups excluding carboxylic acids is 1. The summed E-state index contributed by atoms with van der Waals surface area (Å²) in [6.45, 7) is 5.06. The molecule has 2 aliphatic heterocycles. The fourth-order valence-electron chi connectivity index (χ4n) is 4.31. The standard InChI is InChI=1S/C26H28ClN5O2/c27-21-3-1-2-18(12-21)15-29-25-7-5-20(16-30-25)26(33)31-22-13-19-4-6-23(14-24(19)34-17-22)32-10-8-28-9-11-32/h1-7,12,14,16,22,28H,8-11,13,15,17H2,(H,29,30)(H,31,33). The highest BCUT2D eigenvalue weighted by Gasteiger charge is 2.23. The first-order chi connectivity index (χ1) is 16.6. The van der Waals surface area contributed by atoms with Crippen LogP contribution in [0.3, 0.4) is 0 Å². The maximum Gasteiger partial charge on any atom is 0.253 e. The number of hydrogen-bond acceptors (Lipinski definition) is 6. The SMILES string of the molecule is O=C(NC1COc2cc(N3CCNCC3)ccc2C1)c1ccc(NCc2cccc(Cl)c2)nc1. The van der Waals surface area contributed by atoms with Crippen LogP contribution in [0.15, 0.2) is 60.8 Å². The van der Waals surface area contributed by atoms with E-state index in [2.05, 4.69) is 44.0 Å². The summed E-state index contributed by atoms with van der Waals surface area (Å²) in [4.78, 5) is 19.5. The van der Waals surface area contributed by atoms with Gasteiger partial charge in [0.05, 0.1) is 11.6 Å². The summed E-state index contributed by atoms with van der Waals surface area (Å²) in [5.41, 5.74) is 3.90. The number of pyridine rings is 1. The number of rotatable bonds is 6. The minimum absolute atomic E-state index is 0.0781. The van der Waals surface area contributed by atoms with Crippen molar-refractivity contribution in [3.05, 3.63) is 82.5 Å². The van der Waals surface area contributed by atoms with Crippen molar-refractivity contribution >= 4 is 29.0 Å². The van der Waals surface area contributed by atoms with Gasteiger partial charge in [0.25, 0.3) is 5.91 Å². The fraction of sp³-hybridized carbons (Fsp3) is 0.308. The van der Waals surface area contributed by atoms with Crippen molar-refractivity contribution in [2.75, 3.05) is 43.0 Å². The van der Waals surface area contributed by atoms with Gasteiger partial charge in [-0.3, -0.25) is 4.79 Å². The van der Waals surface area contributed by atoms with Crippen molar-refractivity contribution in [1.29, 1.82) is 0 Å². The molecule has 0 saturated carbocycles. The fourth-order valence-corrected chi connectivity index (χ4v) is 4.53. The van der Waals surface area contributed by atoms with Gasteiger partial charge in [0.15, 0.2) is 0 Å². The van der Waals surface area contributed by atoms with E-state index < -0.39 is 0 Å². The molecule has 1 fully saturated rings. The third-order valence-electron chi connectivity index (χ3n) is 6.16. The van der Waals surface area contributed by atoms with Crippen LogP contribution in [0.5, 0.6) is 5.75 Å². The van der Waals surface area contributed by atoms with Gasteiger partial charge in [-0.1, -0.05) is 29.8 Å². The molecule has 0 spiro atoms. The quantitative estimate of drug-likeness (QED) is 0.504. The minimum atomic E-state index is -0.150. The zero-order valence-corrected chi connectivity index (χ0v) is 19.6. The Morgan fingerprint density at radius 1 is 1.15 bits per heavy atom. The van der Waals surface area contributed by atoms with E-state index >= 15 is 0 Å². The molecule has 1 aromatic heterocycles. The molecule has 0 bridgehead atoms. The van der Waals surface area contributed by atoms with Gasteiger partial charge in [0.1, 0.15) is 18.2 Å². The zero-order valence-electron chi connectivity index (χ0n) is 18.9. The van der Waals surface area contributed by atoms with Crippen LogP contribution in [0.1, 0.15) is 21.5 Å². The van der Waals surface area contributed by atoms with Gasteiger partial charge in [0.2, 0.25) is 0 Å². The molecule has 2 aromatic carbocycles. The van der Waals surface area contributed by atoms with Gasteiger partial charge in [-0.25, -0.2) is 4.98 Å². The predicted octanol–water partition coefficient (Wildman–Crippen LogP) is 3.49. The summed E-state index contributed by atoms with van der Waals surface area (Å²) in [5, 5.41) is 10.4. The summed E-state index contributed by atoms with van der Waals surface area (Å²) in [7, 11) is 0. The summed E-state index contributed by atoms with van der Waals surface area (Å²) in [6, 6.07) is 17.6. The van der Waals surface area contributed by atoms with Gasteiger partial charge >= 0.3 is 0 Å². The number of fused-ring (bicyclic) bond motifs is 1. The van der Waals surface area contributed by atoms with E-state index in [1.54, 1.807) is 12.3 Å². The third-order valence-corrected chi connectivity index (χ3v) is 6.40. The molecule has 1 amide bonds. The van der Waals surface area contributed by atoms with Gasteiger partial charge in [-0.2, -0.15) is 0 Å². The van der Waals surface area contributed by atoms with Gasteiger partial charge < -0.3 is 25.6 Å². The highest BCUT2D eigenvalue weighted by Crippen LogP contribution is 2.30. The van der Waals surface area contributed by atoms with Crippen LogP contribution in [-0.2, 0) is 13.0 Å². The number of aromatic nitrogens is 1. The Morgan fingerprint density at radius 2 is 2.03 bits per heavy atom. The largest absolute Gasteiger partial charge is 0.491 e. The molecule has 3 aromatic rings. The molecule has 3 N–H and O–H groups in total.